The molecular formula is C30H33N5O4. The van der Waals surface area contributed by atoms with Crippen molar-refractivity contribution in [3.8, 4) is 11.1 Å². The molecule has 0 saturated heterocycles. The van der Waals surface area contributed by atoms with Gasteiger partial charge in [-0.3, -0.25) is 19.3 Å². The van der Waals surface area contributed by atoms with Gasteiger partial charge in [-0.05, 0) is 72.3 Å². The monoisotopic (exact) mass is 527 g/mol. The minimum atomic E-state index is -0.330. The molecular weight excluding hydrogens is 494 g/mol. The van der Waals surface area contributed by atoms with Crippen molar-refractivity contribution in [1.82, 2.24) is 14.1 Å². The highest BCUT2D eigenvalue weighted by atomic mass is 16.3. The normalized spacial score (nSPS) is 21.6. The molecule has 1 aliphatic heterocycles. The Kier molecular flexibility index (Phi) is 5.08. The van der Waals surface area contributed by atoms with E-state index in [9.17, 15) is 19.5 Å². The first-order valence-electron chi connectivity index (χ1n) is 13.7. The fraction of sp³-hybridized carbons (Fsp3) is 0.467. The maximum atomic E-state index is 13.7. The topological polar surface area (TPSA) is 109 Å². The molecule has 9 heteroatoms. The highest BCUT2D eigenvalue weighted by Crippen LogP contribution is 2.70. The van der Waals surface area contributed by atoms with Gasteiger partial charge < -0.3 is 19.6 Å². The van der Waals surface area contributed by atoms with Gasteiger partial charge in [0.15, 0.2) is 0 Å². The van der Waals surface area contributed by atoms with E-state index in [1.807, 2.05) is 6.07 Å². The Morgan fingerprint density at radius 2 is 1.97 bits per heavy atom. The zero-order valence-corrected chi connectivity index (χ0v) is 22.6. The number of aromatic nitrogens is 3. The maximum Gasteiger partial charge on any atom is 0.276 e. The van der Waals surface area contributed by atoms with Crippen molar-refractivity contribution in [3.63, 3.8) is 0 Å². The Balaban J connectivity index is 1.22. The third kappa shape index (κ3) is 3.77. The van der Waals surface area contributed by atoms with Crippen LogP contribution in [0.15, 0.2) is 35.4 Å². The molecule has 0 radical (unpaired) electrons. The number of hydrogen-bond donors (Lipinski definition) is 2. The van der Waals surface area contributed by atoms with Gasteiger partial charge in [-0.2, -0.15) is 0 Å². The number of hydrogen-bond acceptors (Lipinski definition) is 5. The van der Waals surface area contributed by atoms with Crippen molar-refractivity contribution in [2.75, 3.05) is 16.8 Å². The van der Waals surface area contributed by atoms with Gasteiger partial charge in [0, 0.05) is 55.3 Å². The Labute approximate surface area is 226 Å². The van der Waals surface area contributed by atoms with E-state index in [0.717, 1.165) is 32.1 Å². The molecule has 2 N–H and O–H groups in total. The van der Waals surface area contributed by atoms with Gasteiger partial charge in [-0.1, -0.05) is 13.8 Å². The second kappa shape index (κ2) is 8.14. The number of nitrogens with zero attached hydrogens (tertiary/aromatic N) is 4. The molecule has 3 aliphatic carbocycles. The number of amides is 2. The smallest absolute Gasteiger partial charge is 0.276 e. The van der Waals surface area contributed by atoms with E-state index in [1.54, 1.807) is 36.5 Å². The van der Waals surface area contributed by atoms with Crippen molar-refractivity contribution >= 4 is 23.3 Å². The fourth-order valence-corrected chi connectivity index (χ4v) is 6.85. The van der Waals surface area contributed by atoms with Gasteiger partial charge in [0.1, 0.15) is 17.2 Å². The Bertz CT molecular complexity index is 1630. The molecule has 202 valence electrons. The molecule has 1 spiro atoms. The molecule has 3 aromatic heterocycles. The van der Waals surface area contributed by atoms with Crippen molar-refractivity contribution in [2.24, 2.45) is 23.8 Å². The molecule has 3 aromatic rings. The summed E-state index contributed by atoms with van der Waals surface area (Å²) in [6.45, 7) is 5.30. The van der Waals surface area contributed by atoms with Crippen LogP contribution in [-0.2, 0) is 37.8 Å². The van der Waals surface area contributed by atoms with Gasteiger partial charge >= 0.3 is 0 Å². The quantitative estimate of drug-likeness (QED) is 0.529. The highest BCUT2D eigenvalue weighted by molar-refractivity contribution is 6.06. The van der Waals surface area contributed by atoms with Crippen LogP contribution in [0.2, 0.25) is 0 Å². The maximum absolute atomic E-state index is 13.7. The van der Waals surface area contributed by atoms with Crippen LogP contribution in [0.4, 0.5) is 11.5 Å². The number of carbonyl (C=O) groups is 2. The van der Waals surface area contributed by atoms with Crippen LogP contribution in [0.1, 0.15) is 60.4 Å². The average Bonchev–Trinajstić information content (AvgIpc) is 3.78. The van der Waals surface area contributed by atoms with Gasteiger partial charge in [0.25, 0.3) is 11.5 Å². The Morgan fingerprint density at radius 3 is 2.69 bits per heavy atom. The van der Waals surface area contributed by atoms with Crippen LogP contribution < -0.4 is 15.8 Å². The van der Waals surface area contributed by atoms with Gasteiger partial charge in [0.2, 0.25) is 5.91 Å². The van der Waals surface area contributed by atoms with Crippen LogP contribution in [-0.4, -0.2) is 37.6 Å². The second-order valence-electron chi connectivity index (χ2n) is 12.6. The summed E-state index contributed by atoms with van der Waals surface area (Å²) in [5.74, 6) is 0.181. The third-order valence-corrected chi connectivity index (χ3v) is 9.22. The zero-order valence-electron chi connectivity index (χ0n) is 22.6. The van der Waals surface area contributed by atoms with Crippen molar-refractivity contribution in [2.45, 2.75) is 59.1 Å². The van der Waals surface area contributed by atoms with Crippen LogP contribution >= 0.6 is 0 Å². The number of aliphatic hydroxyl groups is 1. The van der Waals surface area contributed by atoms with E-state index in [-0.39, 0.29) is 46.4 Å². The van der Waals surface area contributed by atoms with E-state index in [1.165, 1.54) is 15.8 Å². The fourth-order valence-electron chi connectivity index (χ4n) is 6.85. The Hall–Kier alpha value is -3.72. The first kappa shape index (κ1) is 24.3. The van der Waals surface area contributed by atoms with Crippen LogP contribution in [0, 0.1) is 16.7 Å². The third-order valence-electron chi connectivity index (χ3n) is 9.22. The molecule has 39 heavy (non-hydrogen) atoms. The minimum absolute atomic E-state index is 0.0112. The Morgan fingerprint density at radius 1 is 1.18 bits per heavy atom. The number of nitrogens with one attached hydrogen (secondary N) is 1. The average molecular weight is 528 g/mol. The van der Waals surface area contributed by atoms with Gasteiger partial charge in [-0.15, -0.1) is 0 Å². The van der Waals surface area contributed by atoms with E-state index in [2.05, 4.69) is 28.7 Å². The summed E-state index contributed by atoms with van der Waals surface area (Å²) in [4.78, 5) is 45.5. The number of fused-ring (bicyclic) bond motifs is 3. The molecule has 0 unspecified atom stereocenters. The SMILES string of the molecule is Cn1cc(-c2ccnc(N3CCn4c(cc5c4CC(C)(C)C5)C3=O)c2CO)cc(NC(=O)[C@H]2CC23CC3)c1=O. The van der Waals surface area contributed by atoms with E-state index >= 15 is 0 Å². The highest BCUT2D eigenvalue weighted by Gasteiger charge is 2.65. The van der Waals surface area contributed by atoms with E-state index in [4.69, 9.17) is 0 Å². The summed E-state index contributed by atoms with van der Waals surface area (Å²) < 4.78 is 3.59. The molecule has 2 saturated carbocycles. The second-order valence-corrected chi connectivity index (χ2v) is 12.6. The van der Waals surface area contributed by atoms with Gasteiger partial charge in [-0.25, -0.2) is 4.98 Å². The summed E-state index contributed by atoms with van der Waals surface area (Å²) in [7, 11) is 1.64. The minimum Gasteiger partial charge on any atom is -0.392 e. The first-order chi connectivity index (χ1) is 18.6. The molecule has 1 atom stereocenters. The van der Waals surface area contributed by atoms with E-state index in [0.29, 0.717) is 41.3 Å². The predicted octanol–water partition coefficient (Wildman–Crippen LogP) is 3.26. The van der Waals surface area contributed by atoms with Crippen molar-refractivity contribution in [3.05, 3.63) is 63.5 Å². The molecule has 4 heterocycles. The first-order valence-corrected chi connectivity index (χ1v) is 13.7. The summed E-state index contributed by atoms with van der Waals surface area (Å²) in [5.41, 5.74) is 5.32. The molecule has 7 rings (SSSR count). The van der Waals surface area contributed by atoms with E-state index < -0.39 is 0 Å². The summed E-state index contributed by atoms with van der Waals surface area (Å²) in [5, 5.41) is 13.3. The van der Waals surface area contributed by atoms with Crippen LogP contribution in [0.3, 0.4) is 0 Å². The number of anilines is 2. The number of aliphatic hydroxyl groups excluding tert-OH is 1. The standard InChI is InChI=1S/C30H33N5O4/c1-29(2)12-17-11-23-28(39)35(9-8-34(23)24(17)14-29)25-20(16-36)19(4-7-31-25)18-10-22(27(38)33(3)15-18)32-26(37)21-13-30(21)5-6-30/h4,7,10-11,15,21,36H,5-6,8-9,12-14,16H2,1-3H3,(H,32,37)/t21-/m1/s1. The predicted molar refractivity (Wildman–Crippen MR) is 147 cm³/mol. The van der Waals surface area contributed by atoms with Crippen molar-refractivity contribution in [1.29, 1.82) is 0 Å². The summed E-state index contributed by atoms with van der Waals surface area (Å²) >= 11 is 0. The van der Waals surface area contributed by atoms with Crippen molar-refractivity contribution < 1.29 is 14.7 Å². The molecule has 0 aromatic carbocycles. The summed E-state index contributed by atoms with van der Waals surface area (Å²) in [6, 6.07) is 5.46. The summed E-state index contributed by atoms with van der Waals surface area (Å²) in [6.07, 6.45) is 8.29. The lowest BCUT2D eigenvalue weighted by atomic mass is 9.90. The zero-order chi connectivity index (χ0) is 27.3. The largest absolute Gasteiger partial charge is 0.392 e. The lowest BCUT2D eigenvalue weighted by Crippen LogP contribution is -2.41. The number of carbonyl (C=O) groups excluding carboxylic acids is 2. The molecule has 0 bridgehead atoms. The molecule has 4 aliphatic rings. The molecule has 9 nitrogen and oxygen atoms in total. The van der Waals surface area contributed by atoms with Crippen LogP contribution in [0.25, 0.3) is 11.1 Å². The number of rotatable bonds is 5. The van der Waals surface area contributed by atoms with Gasteiger partial charge in [0.05, 0.1) is 6.61 Å². The number of pyridine rings is 2. The molecule has 2 amide bonds. The lowest BCUT2D eigenvalue weighted by molar-refractivity contribution is -0.117. The number of aryl methyl sites for hydroxylation is 1. The molecule has 2 fully saturated rings. The van der Waals surface area contributed by atoms with Crippen LogP contribution in [0.5, 0.6) is 0 Å². The lowest BCUT2D eigenvalue weighted by Gasteiger charge is -2.31.